The summed E-state index contributed by atoms with van der Waals surface area (Å²) < 4.78 is 7.05. The number of aryl methyl sites for hydroxylation is 1. The third-order valence-electron chi connectivity index (χ3n) is 6.47. The van der Waals surface area contributed by atoms with E-state index in [1.54, 1.807) is 24.3 Å². The largest absolute Gasteiger partial charge is 0.497 e. The topological polar surface area (TPSA) is 75.9 Å². The maximum absolute atomic E-state index is 13.2. The van der Waals surface area contributed by atoms with Crippen LogP contribution in [0.3, 0.4) is 0 Å². The average molecular weight is 449 g/mol. The Morgan fingerprint density at radius 1 is 1.12 bits per heavy atom. The molecular formula is C26H32N4O3. The van der Waals surface area contributed by atoms with Crippen LogP contribution in [-0.4, -0.2) is 35.4 Å². The molecule has 7 nitrogen and oxygen atoms in total. The molecule has 1 fully saturated rings. The molecule has 2 aromatic heterocycles. The second-order valence-corrected chi connectivity index (χ2v) is 8.64. The Balaban J connectivity index is 1.56. The zero-order valence-corrected chi connectivity index (χ0v) is 19.6. The molecule has 1 saturated carbocycles. The van der Waals surface area contributed by atoms with Crippen molar-refractivity contribution in [2.75, 3.05) is 19.1 Å². The number of rotatable bonds is 7. The van der Waals surface area contributed by atoms with Gasteiger partial charge in [0.15, 0.2) is 0 Å². The fourth-order valence-electron chi connectivity index (χ4n) is 4.56. The molecule has 1 aliphatic carbocycles. The van der Waals surface area contributed by atoms with Crippen molar-refractivity contribution < 1.29 is 14.3 Å². The average Bonchev–Trinajstić information content (AvgIpc) is 3.25. The Hall–Kier alpha value is -3.35. The molecule has 174 valence electrons. The van der Waals surface area contributed by atoms with Gasteiger partial charge in [0, 0.05) is 25.7 Å². The highest BCUT2D eigenvalue weighted by atomic mass is 16.5. The molecule has 0 saturated heterocycles. The minimum absolute atomic E-state index is 0.0648. The number of methoxy groups -OCH3 is 1. The quantitative estimate of drug-likeness (QED) is 0.582. The molecule has 33 heavy (non-hydrogen) atoms. The van der Waals surface area contributed by atoms with E-state index in [1.165, 1.54) is 6.42 Å². The summed E-state index contributed by atoms with van der Waals surface area (Å²) in [5.41, 5.74) is 3.10. The number of fused-ring (bicyclic) bond motifs is 1. The van der Waals surface area contributed by atoms with Gasteiger partial charge < -0.3 is 10.1 Å². The molecule has 4 rings (SSSR count). The van der Waals surface area contributed by atoms with E-state index in [4.69, 9.17) is 9.72 Å². The Morgan fingerprint density at radius 3 is 2.52 bits per heavy atom. The van der Waals surface area contributed by atoms with E-state index < -0.39 is 0 Å². The number of aromatic nitrogens is 2. The number of carbonyl (C=O) groups excluding carboxylic acids is 2. The minimum Gasteiger partial charge on any atom is -0.497 e. The lowest BCUT2D eigenvalue weighted by Crippen LogP contribution is -2.35. The Labute approximate surface area is 194 Å². The lowest BCUT2D eigenvalue weighted by molar-refractivity contribution is -0.123. The van der Waals surface area contributed by atoms with Crippen molar-refractivity contribution in [2.45, 2.75) is 52.0 Å². The number of imidazole rings is 1. The van der Waals surface area contributed by atoms with Gasteiger partial charge in [0.05, 0.1) is 18.4 Å². The van der Waals surface area contributed by atoms with Crippen LogP contribution < -0.4 is 15.0 Å². The Kier molecular flexibility index (Phi) is 6.96. The van der Waals surface area contributed by atoms with Crippen LogP contribution in [-0.2, 0) is 17.8 Å². The molecule has 1 aliphatic rings. The Bertz CT molecular complexity index is 1130. The highest BCUT2D eigenvalue weighted by Gasteiger charge is 2.28. The maximum Gasteiger partial charge on any atom is 0.253 e. The molecule has 1 aromatic carbocycles. The van der Waals surface area contributed by atoms with Gasteiger partial charge >= 0.3 is 0 Å². The zero-order chi connectivity index (χ0) is 23.4. The number of anilines is 1. The highest BCUT2D eigenvalue weighted by molar-refractivity contribution is 5.96. The van der Waals surface area contributed by atoms with Crippen molar-refractivity contribution in [1.82, 2.24) is 14.7 Å². The number of carbonyl (C=O) groups is 2. The van der Waals surface area contributed by atoms with Crippen LogP contribution in [0.25, 0.3) is 5.65 Å². The minimum atomic E-state index is -0.174. The summed E-state index contributed by atoms with van der Waals surface area (Å²) >= 11 is 0. The first kappa shape index (κ1) is 22.8. The number of hydrogen-bond acceptors (Lipinski definition) is 4. The van der Waals surface area contributed by atoms with Gasteiger partial charge in [-0.1, -0.05) is 38.3 Å². The predicted octanol–water partition coefficient (Wildman–Crippen LogP) is 4.38. The number of nitrogens with zero attached hydrogens (tertiary/aromatic N) is 3. The van der Waals surface area contributed by atoms with Gasteiger partial charge in [-0.15, -0.1) is 0 Å². The van der Waals surface area contributed by atoms with Crippen LogP contribution in [0.5, 0.6) is 5.75 Å². The summed E-state index contributed by atoms with van der Waals surface area (Å²) in [6, 6.07) is 11.2. The Morgan fingerprint density at radius 2 is 1.85 bits per heavy atom. The van der Waals surface area contributed by atoms with Crippen LogP contribution in [0.15, 0.2) is 42.6 Å². The second-order valence-electron chi connectivity index (χ2n) is 8.64. The summed E-state index contributed by atoms with van der Waals surface area (Å²) in [4.78, 5) is 32.6. The normalized spacial score (nSPS) is 14.3. The molecule has 2 amide bonds. The smallest absolute Gasteiger partial charge is 0.253 e. The first-order valence-electron chi connectivity index (χ1n) is 11.7. The monoisotopic (exact) mass is 448 g/mol. The van der Waals surface area contributed by atoms with Crippen molar-refractivity contribution in [3.05, 3.63) is 59.4 Å². The van der Waals surface area contributed by atoms with Gasteiger partial charge in [0.25, 0.3) is 5.91 Å². The number of ether oxygens (including phenoxy) is 1. The molecule has 0 atom stereocenters. The number of benzene rings is 1. The van der Waals surface area contributed by atoms with E-state index >= 15 is 0 Å². The van der Waals surface area contributed by atoms with Crippen LogP contribution in [0.4, 0.5) is 5.82 Å². The molecule has 1 N–H and O–H groups in total. The molecule has 7 heteroatoms. The van der Waals surface area contributed by atoms with E-state index in [1.807, 2.05) is 48.7 Å². The third kappa shape index (κ3) is 4.87. The van der Waals surface area contributed by atoms with Crippen molar-refractivity contribution >= 4 is 23.3 Å². The van der Waals surface area contributed by atoms with Crippen LogP contribution in [0.1, 0.15) is 60.6 Å². The van der Waals surface area contributed by atoms with Crippen molar-refractivity contribution in [3.8, 4) is 5.75 Å². The standard InChI is InChI=1S/C26H32N4O3/c1-4-22-25(29(2)26(32)19-8-6-5-7-9-19)30-17-20(12-15-23(30)28-22)24(31)27-16-18-10-13-21(33-3)14-11-18/h10-15,17,19H,4-9,16H2,1-3H3,(H,27,31). The molecule has 0 unspecified atom stereocenters. The van der Waals surface area contributed by atoms with Crippen molar-refractivity contribution in [1.29, 1.82) is 0 Å². The van der Waals surface area contributed by atoms with E-state index in [-0.39, 0.29) is 17.7 Å². The van der Waals surface area contributed by atoms with Crippen molar-refractivity contribution in [2.24, 2.45) is 5.92 Å². The van der Waals surface area contributed by atoms with Gasteiger partial charge in [-0.25, -0.2) is 4.98 Å². The maximum atomic E-state index is 13.2. The molecule has 0 radical (unpaired) electrons. The van der Waals surface area contributed by atoms with Crippen LogP contribution >= 0.6 is 0 Å². The summed E-state index contributed by atoms with van der Waals surface area (Å²) in [6.07, 6.45) is 7.80. The molecule has 0 spiro atoms. The van der Waals surface area contributed by atoms with Gasteiger partial charge in [0.1, 0.15) is 17.2 Å². The fraction of sp³-hybridized carbons (Fsp3) is 0.423. The first-order valence-corrected chi connectivity index (χ1v) is 11.7. The van der Waals surface area contributed by atoms with E-state index in [2.05, 4.69) is 5.32 Å². The molecule has 3 aromatic rings. The number of nitrogens with one attached hydrogen (secondary N) is 1. The summed E-state index contributed by atoms with van der Waals surface area (Å²) in [5, 5.41) is 2.97. The fourth-order valence-corrected chi connectivity index (χ4v) is 4.56. The lowest BCUT2D eigenvalue weighted by atomic mass is 9.88. The third-order valence-corrected chi connectivity index (χ3v) is 6.47. The number of pyridine rings is 1. The zero-order valence-electron chi connectivity index (χ0n) is 19.6. The number of hydrogen-bond donors (Lipinski definition) is 1. The first-order chi connectivity index (χ1) is 16.0. The predicted molar refractivity (Wildman–Crippen MR) is 129 cm³/mol. The summed E-state index contributed by atoms with van der Waals surface area (Å²) in [7, 11) is 3.46. The van der Waals surface area contributed by atoms with E-state index in [0.29, 0.717) is 18.5 Å². The molecular weight excluding hydrogens is 416 g/mol. The second kappa shape index (κ2) is 10.1. The van der Waals surface area contributed by atoms with Gasteiger partial charge in [-0.2, -0.15) is 0 Å². The van der Waals surface area contributed by atoms with Crippen LogP contribution in [0.2, 0.25) is 0 Å². The summed E-state index contributed by atoms with van der Waals surface area (Å²) in [5.74, 6) is 1.57. The van der Waals surface area contributed by atoms with E-state index in [0.717, 1.165) is 54.2 Å². The van der Waals surface area contributed by atoms with Gasteiger partial charge in [-0.3, -0.25) is 18.9 Å². The SMILES string of the molecule is CCc1nc2ccc(C(=O)NCc3ccc(OC)cc3)cn2c1N(C)C(=O)C1CCCCC1. The highest BCUT2D eigenvalue weighted by Crippen LogP contribution is 2.29. The van der Waals surface area contributed by atoms with Crippen molar-refractivity contribution in [3.63, 3.8) is 0 Å². The number of amides is 2. The van der Waals surface area contributed by atoms with Crippen LogP contribution in [0, 0.1) is 5.92 Å². The molecule has 0 aliphatic heterocycles. The summed E-state index contributed by atoms with van der Waals surface area (Å²) in [6.45, 7) is 2.45. The van der Waals surface area contributed by atoms with E-state index in [9.17, 15) is 9.59 Å². The van der Waals surface area contributed by atoms with Gasteiger partial charge in [-0.05, 0) is 49.1 Å². The lowest BCUT2D eigenvalue weighted by Gasteiger charge is -2.26. The molecule has 0 bridgehead atoms. The van der Waals surface area contributed by atoms with Gasteiger partial charge in [0.2, 0.25) is 5.91 Å². The molecule has 2 heterocycles.